The molecule has 1 aromatic carbocycles. The Balaban J connectivity index is 1.58. The summed E-state index contributed by atoms with van der Waals surface area (Å²) in [7, 11) is 0. The Kier molecular flexibility index (Phi) is 7.51. The van der Waals surface area contributed by atoms with Crippen LogP contribution in [0.4, 0.5) is 0 Å². The van der Waals surface area contributed by atoms with Crippen molar-refractivity contribution in [2.24, 2.45) is 0 Å². The second kappa shape index (κ2) is 9.64. The van der Waals surface area contributed by atoms with E-state index in [1.165, 1.54) is 0 Å². The summed E-state index contributed by atoms with van der Waals surface area (Å²) >= 11 is 3.32. The quantitative estimate of drug-likeness (QED) is 0.603. The van der Waals surface area contributed by atoms with Gasteiger partial charge in [0.05, 0.1) is 6.54 Å². The molecule has 0 atom stereocenters. The second-order valence-electron chi connectivity index (χ2n) is 5.49. The van der Waals surface area contributed by atoms with Gasteiger partial charge in [-0.05, 0) is 31.2 Å². The van der Waals surface area contributed by atoms with E-state index in [1.807, 2.05) is 6.07 Å². The molecule has 1 heterocycles. The zero-order valence-electron chi connectivity index (χ0n) is 13.1. The van der Waals surface area contributed by atoms with E-state index in [4.69, 9.17) is 0 Å². The van der Waals surface area contributed by atoms with Crippen LogP contribution >= 0.6 is 15.9 Å². The molecule has 2 rings (SSSR count). The number of halogens is 1. The average molecular weight is 383 g/mol. The topological polar surface area (TPSA) is 73.5 Å². The zero-order valence-corrected chi connectivity index (χ0v) is 14.7. The van der Waals surface area contributed by atoms with Gasteiger partial charge in [-0.15, -0.1) is 0 Å². The van der Waals surface area contributed by atoms with Crippen LogP contribution in [0.5, 0.6) is 0 Å². The van der Waals surface area contributed by atoms with Gasteiger partial charge in [-0.25, -0.2) is 0 Å². The Morgan fingerprint density at radius 3 is 2.74 bits per heavy atom. The van der Waals surface area contributed by atoms with Crippen molar-refractivity contribution in [3.05, 3.63) is 34.3 Å². The molecule has 2 amide bonds. The molecule has 0 spiro atoms. The van der Waals surface area contributed by atoms with Crippen LogP contribution in [-0.2, 0) is 4.79 Å². The van der Waals surface area contributed by atoms with E-state index in [9.17, 15) is 9.59 Å². The largest absolute Gasteiger partial charge is 0.355 e. The van der Waals surface area contributed by atoms with Crippen molar-refractivity contribution < 1.29 is 9.59 Å². The van der Waals surface area contributed by atoms with Gasteiger partial charge < -0.3 is 20.9 Å². The third-order valence-corrected chi connectivity index (χ3v) is 4.17. The van der Waals surface area contributed by atoms with Gasteiger partial charge in [0.2, 0.25) is 5.91 Å². The number of nitrogens with zero attached hydrogens (tertiary/aromatic N) is 1. The third-order valence-electron chi connectivity index (χ3n) is 3.68. The minimum Gasteiger partial charge on any atom is -0.355 e. The molecule has 23 heavy (non-hydrogen) atoms. The molecule has 0 aromatic heterocycles. The van der Waals surface area contributed by atoms with Crippen molar-refractivity contribution in [3.8, 4) is 0 Å². The van der Waals surface area contributed by atoms with Gasteiger partial charge in [-0.1, -0.05) is 22.0 Å². The van der Waals surface area contributed by atoms with E-state index < -0.39 is 0 Å². The van der Waals surface area contributed by atoms with Crippen LogP contribution in [0.3, 0.4) is 0 Å². The Morgan fingerprint density at radius 1 is 1.22 bits per heavy atom. The standard InChI is InChI=1S/C16H23BrN4O2/c17-14-4-1-3-13(11-14)16(23)20-12-15(22)19-5-2-8-21-9-6-18-7-10-21/h1,3-4,11,18H,2,5-10,12H2,(H,19,22)(H,20,23). The Morgan fingerprint density at radius 2 is 2.00 bits per heavy atom. The highest BCUT2D eigenvalue weighted by Crippen LogP contribution is 2.11. The van der Waals surface area contributed by atoms with Gasteiger partial charge >= 0.3 is 0 Å². The first kappa shape index (κ1) is 17.9. The van der Waals surface area contributed by atoms with E-state index in [-0.39, 0.29) is 18.4 Å². The number of carbonyl (C=O) groups excluding carboxylic acids is 2. The van der Waals surface area contributed by atoms with Crippen LogP contribution in [0.25, 0.3) is 0 Å². The monoisotopic (exact) mass is 382 g/mol. The normalized spacial score (nSPS) is 15.2. The van der Waals surface area contributed by atoms with Crippen LogP contribution in [0.2, 0.25) is 0 Å². The molecule has 0 saturated carbocycles. The summed E-state index contributed by atoms with van der Waals surface area (Å²) in [5, 5.41) is 8.77. The van der Waals surface area contributed by atoms with E-state index in [1.54, 1.807) is 18.2 Å². The van der Waals surface area contributed by atoms with Gasteiger partial charge in [-0.2, -0.15) is 0 Å². The maximum atomic E-state index is 11.9. The number of benzene rings is 1. The summed E-state index contributed by atoms with van der Waals surface area (Å²) in [5.74, 6) is -0.407. The molecule has 7 heteroatoms. The zero-order chi connectivity index (χ0) is 16.5. The van der Waals surface area contributed by atoms with Crippen LogP contribution in [0.1, 0.15) is 16.8 Å². The summed E-state index contributed by atoms with van der Waals surface area (Å²) in [4.78, 5) is 26.0. The summed E-state index contributed by atoms with van der Waals surface area (Å²) < 4.78 is 0.836. The molecule has 6 nitrogen and oxygen atoms in total. The minimum absolute atomic E-state index is 0.00101. The van der Waals surface area contributed by atoms with E-state index in [2.05, 4.69) is 36.8 Å². The van der Waals surface area contributed by atoms with Crippen LogP contribution in [-0.4, -0.2) is 62.5 Å². The number of carbonyl (C=O) groups is 2. The number of amides is 2. The highest BCUT2D eigenvalue weighted by molar-refractivity contribution is 9.10. The number of hydrogen-bond acceptors (Lipinski definition) is 4. The fourth-order valence-electron chi connectivity index (χ4n) is 2.42. The second-order valence-corrected chi connectivity index (χ2v) is 6.40. The third kappa shape index (κ3) is 6.68. The van der Waals surface area contributed by atoms with Crippen molar-refractivity contribution in [1.29, 1.82) is 0 Å². The van der Waals surface area contributed by atoms with Gasteiger partial charge in [0.1, 0.15) is 0 Å². The van der Waals surface area contributed by atoms with E-state index >= 15 is 0 Å². The molecule has 0 aliphatic carbocycles. The summed E-state index contributed by atoms with van der Waals surface area (Å²) in [6.07, 6.45) is 0.922. The van der Waals surface area contributed by atoms with Gasteiger partial charge in [-0.3, -0.25) is 9.59 Å². The predicted octanol–water partition coefficient (Wildman–Crippen LogP) is 0.590. The van der Waals surface area contributed by atoms with Crippen LogP contribution < -0.4 is 16.0 Å². The first-order valence-electron chi connectivity index (χ1n) is 7.89. The predicted molar refractivity (Wildman–Crippen MR) is 93.4 cm³/mol. The van der Waals surface area contributed by atoms with Crippen LogP contribution in [0.15, 0.2) is 28.7 Å². The first-order chi connectivity index (χ1) is 11.1. The highest BCUT2D eigenvalue weighted by atomic mass is 79.9. The lowest BCUT2D eigenvalue weighted by molar-refractivity contribution is -0.120. The van der Waals surface area contributed by atoms with Crippen molar-refractivity contribution in [2.75, 3.05) is 45.8 Å². The fourth-order valence-corrected chi connectivity index (χ4v) is 2.82. The van der Waals surface area contributed by atoms with Crippen molar-refractivity contribution in [3.63, 3.8) is 0 Å². The summed E-state index contributed by atoms with van der Waals surface area (Å²) in [5.41, 5.74) is 0.533. The Labute approximate surface area is 145 Å². The lowest BCUT2D eigenvalue weighted by Crippen LogP contribution is -2.44. The molecular formula is C16H23BrN4O2. The molecular weight excluding hydrogens is 360 g/mol. The Hall–Kier alpha value is -1.44. The molecule has 0 radical (unpaired) electrons. The molecule has 1 fully saturated rings. The van der Waals surface area contributed by atoms with Gasteiger partial charge in [0, 0.05) is 42.8 Å². The number of piperazine rings is 1. The fraction of sp³-hybridized carbons (Fsp3) is 0.500. The first-order valence-corrected chi connectivity index (χ1v) is 8.68. The maximum absolute atomic E-state index is 11.9. The molecule has 126 valence electrons. The highest BCUT2D eigenvalue weighted by Gasteiger charge is 2.10. The number of nitrogens with one attached hydrogen (secondary N) is 3. The molecule has 1 saturated heterocycles. The van der Waals surface area contributed by atoms with Gasteiger partial charge in [0.25, 0.3) is 5.91 Å². The molecule has 1 aromatic rings. The average Bonchev–Trinajstić information content (AvgIpc) is 2.57. The van der Waals surface area contributed by atoms with E-state index in [0.29, 0.717) is 12.1 Å². The van der Waals surface area contributed by atoms with Crippen molar-refractivity contribution in [1.82, 2.24) is 20.9 Å². The van der Waals surface area contributed by atoms with E-state index in [0.717, 1.165) is 43.6 Å². The van der Waals surface area contributed by atoms with Crippen molar-refractivity contribution >= 4 is 27.7 Å². The maximum Gasteiger partial charge on any atom is 0.251 e. The van der Waals surface area contributed by atoms with Crippen molar-refractivity contribution in [2.45, 2.75) is 6.42 Å². The number of hydrogen-bond donors (Lipinski definition) is 3. The molecule has 3 N–H and O–H groups in total. The lowest BCUT2D eigenvalue weighted by atomic mass is 10.2. The molecule has 1 aliphatic rings. The summed E-state index contributed by atoms with van der Waals surface area (Å²) in [6.45, 7) is 5.83. The van der Waals surface area contributed by atoms with Gasteiger partial charge in [0.15, 0.2) is 0 Å². The van der Waals surface area contributed by atoms with Crippen LogP contribution in [0, 0.1) is 0 Å². The molecule has 0 bridgehead atoms. The Bertz CT molecular complexity index is 533. The molecule has 0 unspecified atom stereocenters. The smallest absolute Gasteiger partial charge is 0.251 e. The minimum atomic E-state index is -0.248. The SMILES string of the molecule is O=C(CNC(=O)c1cccc(Br)c1)NCCCN1CCNCC1. The number of rotatable bonds is 7. The summed E-state index contributed by atoms with van der Waals surface area (Å²) in [6, 6.07) is 7.07. The molecule has 1 aliphatic heterocycles. The lowest BCUT2D eigenvalue weighted by Gasteiger charge is -2.27.